The number of hydrogen-bond donors (Lipinski definition) is 3. The van der Waals surface area contributed by atoms with E-state index in [-0.39, 0.29) is 12.6 Å². The minimum absolute atomic E-state index is 0.127. The van der Waals surface area contributed by atoms with E-state index in [1.807, 2.05) is 32.9 Å². The predicted octanol–water partition coefficient (Wildman–Crippen LogP) is 3.48. The van der Waals surface area contributed by atoms with E-state index >= 15 is 0 Å². The number of carbonyl (C=O) groups excluding carboxylic acids is 1. The summed E-state index contributed by atoms with van der Waals surface area (Å²) in [6, 6.07) is 10.8. The van der Waals surface area contributed by atoms with Crippen molar-refractivity contribution in [3.63, 3.8) is 0 Å². The first-order valence-corrected chi connectivity index (χ1v) is 7.85. The summed E-state index contributed by atoms with van der Waals surface area (Å²) in [4.78, 5) is 12.1. The van der Waals surface area contributed by atoms with Crippen molar-refractivity contribution >= 4 is 11.7 Å². The van der Waals surface area contributed by atoms with Gasteiger partial charge in [0.1, 0.15) is 5.75 Å². The monoisotopic (exact) mass is 328 g/mol. The van der Waals surface area contributed by atoms with Crippen molar-refractivity contribution in [1.29, 1.82) is 0 Å². The molecule has 0 heterocycles. The highest BCUT2D eigenvalue weighted by molar-refractivity contribution is 5.91. The van der Waals surface area contributed by atoms with Crippen molar-refractivity contribution in [1.82, 2.24) is 5.32 Å². The number of urea groups is 1. The summed E-state index contributed by atoms with van der Waals surface area (Å²) in [5.74, 6) is 0.724. The van der Waals surface area contributed by atoms with Crippen molar-refractivity contribution in [2.45, 2.75) is 26.9 Å². The van der Waals surface area contributed by atoms with Gasteiger partial charge < -0.3 is 20.5 Å². The van der Waals surface area contributed by atoms with Crippen LogP contribution in [-0.2, 0) is 0 Å². The molecule has 0 aliphatic heterocycles. The van der Waals surface area contributed by atoms with Crippen LogP contribution in [0, 0.1) is 20.8 Å². The van der Waals surface area contributed by atoms with Crippen molar-refractivity contribution in [3.8, 4) is 5.75 Å². The number of aryl methyl sites for hydroxylation is 3. The highest BCUT2D eigenvalue weighted by Crippen LogP contribution is 2.22. The molecule has 0 saturated carbocycles. The molecule has 0 aliphatic rings. The molecule has 0 bridgehead atoms. The van der Waals surface area contributed by atoms with E-state index in [0.717, 1.165) is 33.7 Å². The minimum atomic E-state index is -0.776. The van der Waals surface area contributed by atoms with Crippen LogP contribution in [0.3, 0.4) is 0 Å². The van der Waals surface area contributed by atoms with E-state index in [0.29, 0.717) is 0 Å². The van der Waals surface area contributed by atoms with Gasteiger partial charge in [0, 0.05) is 12.2 Å². The SMILES string of the molecule is COc1ccc([C@H](O)CNC(=O)Nc2c(C)cc(C)cc2C)cc1. The average Bonchev–Trinajstić information content (AvgIpc) is 2.56. The summed E-state index contributed by atoms with van der Waals surface area (Å²) in [6.07, 6.45) is -0.776. The lowest BCUT2D eigenvalue weighted by molar-refractivity contribution is 0.175. The maximum atomic E-state index is 12.1. The average molecular weight is 328 g/mol. The molecule has 0 radical (unpaired) electrons. The zero-order valence-electron chi connectivity index (χ0n) is 14.5. The van der Waals surface area contributed by atoms with Crippen molar-refractivity contribution in [2.24, 2.45) is 0 Å². The van der Waals surface area contributed by atoms with Crippen molar-refractivity contribution in [2.75, 3.05) is 19.0 Å². The maximum Gasteiger partial charge on any atom is 0.319 e. The minimum Gasteiger partial charge on any atom is -0.497 e. The Morgan fingerprint density at radius 3 is 2.25 bits per heavy atom. The van der Waals surface area contributed by atoms with E-state index < -0.39 is 6.10 Å². The van der Waals surface area contributed by atoms with Gasteiger partial charge in [-0.2, -0.15) is 0 Å². The zero-order valence-corrected chi connectivity index (χ0v) is 14.5. The Morgan fingerprint density at radius 1 is 1.12 bits per heavy atom. The van der Waals surface area contributed by atoms with E-state index in [2.05, 4.69) is 10.6 Å². The van der Waals surface area contributed by atoms with E-state index in [1.54, 1.807) is 31.4 Å². The molecular formula is C19H24N2O3. The lowest BCUT2D eigenvalue weighted by atomic mass is 10.1. The first-order chi connectivity index (χ1) is 11.4. The molecule has 2 aromatic carbocycles. The lowest BCUT2D eigenvalue weighted by Crippen LogP contribution is -2.32. The fourth-order valence-corrected chi connectivity index (χ4v) is 2.67. The number of aliphatic hydroxyl groups excluding tert-OH is 1. The van der Waals surface area contributed by atoms with Gasteiger partial charge >= 0.3 is 6.03 Å². The number of rotatable bonds is 5. The number of carbonyl (C=O) groups is 1. The van der Waals surface area contributed by atoms with Gasteiger partial charge in [-0.25, -0.2) is 4.79 Å². The molecule has 128 valence electrons. The Hall–Kier alpha value is -2.53. The van der Waals surface area contributed by atoms with Gasteiger partial charge in [-0.05, 0) is 49.6 Å². The Balaban J connectivity index is 1.93. The van der Waals surface area contributed by atoms with Crippen LogP contribution in [0.2, 0.25) is 0 Å². The highest BCUT2D eigenvalue weighted by Gasteiger charge is 2.11. The maximum absolute atomic E-state index is 12.1. The molecular weight excluding hydrogens is 304 g/mol. The summed E-state index contributed by atoms with van der Waals surface area (Å²) in [6.45, 7) is 6.07. The summed E-state index contributed by atoms with van der Waals surface area (Å²) in [5.41, 5.74) is 4.71. The lowest BCUT2D eigenvalue weighted by Gasteiger charge is -2.16. The number of benzene rings is 2. The Kier molecular flexibility index (Phi) is 5.82. The Morgan fingerprint density at radius 2 is 1.71 bits per heavy atom. The summed E-state index contributed by atoms with van der Waals surface area (Å²) in [5, 5.41) is 15.7. The molecule has 1 atom stereocenters. The van der Waals surface area contributed by atoms with Crippen LogP contribution in [0.15, 0.2) is 36.4 Å². The van der Waals surface area contributed by atoms with Crippen LogP contribution in [0.4, 0.5) is 10.5 Å². The molecule has 5 nitrogen and oxygen atoms in total. The van der Waals surface area contributed by atoms with Gasteiger partial charge in [-0.15, -0.1) is 0 Å². The van der Waals surface area contributed by atoms with E-state index in [1.165, 1.54) is 0 Å². The number of methoxy groups -OCH3 is 1. The quantitative estimate of drug-likeness (QED) is 0.787. The van der Waals surface area contributed by atoms with Crippen LogP contribution >= 0.6 is 0 Å². The first-order valence-electron chi connectivity index (χ1n) is 7.85. The second-order valence-corrected chi connectivity index (χ2v) is 5.90. The molecule has 0 aromatic heterocycles. The highest BCUT2D eigenvalue weighted by atomic mass is 16.5. The Labute approximate surface area is 142 Å². The van der Waals surface area contributed by atoms with Crippen LogP contribution in [0.5, 0.6) is 5.75 Å². The summed E-state index contributed by atoms with van der Waals surface area (Å²) >= 11 is 0. The van der Waals surface area contributed by atoms with Gasteiger partial charge in [0.2, 0.25) is 0 Å². The second-order valence-electron chi connectivity index (χ2n) is 5.90. The molecule has 0 aliphatic carbocycles. The normalized spacial score (nSPS) is 11.7. The smallest absolute Gasteiger partial charge is 0.319 e. The fraction of sp³-hybridized carbons (Fsp3) is 0.316. The first kappa shape index (κ1) is 17.8. The third-order valence-electron chi connectivity index (χ3n) is 3.87. The number of anilines is 1. The third kappa shape index (κ3) is 4.49. The number of ether oxygens (including phenoxy) is 1. The number of nitrogens with one attached hydrogen (secondary N) is 2. The number of amides is 2. The molecule has 2 amide bonds. The largest absolute Gasteiger partial charge is 0.497 e. The number of aliphatic hydroxyl groups is 1. The van der Waals surface area contributed by atoms with Crippen molar-refractivity contribution in [3.05, 3.63) is 58.7 Å². The molecule has 0 unspecified atom stereocenters. The van der Waals surface area contributed by atoms with Crippen LogP contribution < -0.4 is 15.4 Å². The third-order valence-corrected chi connectivity index (χ3v) is 3.87. The van der Waals surface area contributed by atoms with Crippen LogP contribution in [-0.4, -0.2) is 24.8 Å². The second kappa shape index (κ2) is 7.84. The van der Waals surface area contributed by atoms with Gasteiger partial charge in [-0.1, -0.05) is 29.8 Å². The molecule has 5 heteroatoms. The molecule has 3 N–H and O–H groups in total. The topological polar surface area (TPSA) is 70.6 Å². The van der Waals surface area contributed by atoms with Crippen molar-refractivity contribution < 1.29 is 14.6 Å². The molecule has 0 saturated heterocycles. The van der Waals surface area contributed by atoms with Gasteiger partial charge in [0.25, 0.3) is 0 Å². The van der Waals surface area contributed by atoms with E-state index in [4.69, 9.17) is 4.74 Å². The predicted molar refractivity (Wildman–Crippen MR) is 95.6 cm³/mol. The number of hydrogen-bond acceptors (Lipinski definition) is 3. The zero-order chi connectivity index (χ0) is 17.7. The Bertz CT molecular complexity index is 688. The standard InChI is InChI=1S/C19H24N2O3/c1-12-9-13(2)18(14(3)10-12)21-19(23)20-11-17(22)15-5-7-16(24-4)8-6-15/h5-10,17,22H,11H2,1-4H3,(H2,20,21,23)/t17-/m1/s1. The van der Waals surface area contributed by atoms with E-state index in [9.17, 15) is 9.90 Å². The van der Waals surface area contributed by atoms with Crippen LogP contribution in [0.25, 0.3) is 0 Å². The summed E-state index contributed by atoms with van der Waals surface area (Å²) in [7, 11) is 1.59. The molecule has 2 aromatic rings. The molecule has 0 fully saturated rings. The molecule has 0 spiro atoms. The summed E-state index contributed by atoms with van der Waals surface area (Å²) < 4.78 is 5.08. The molecule has 2 rings (SSSR count). The van der Waals surface area contributed by atoms with Gasteiger partial charge in [-0.3, -0.25) is 0 Å². The van der Waals surface area contributed by atoms with Gasteiger partial charge in [0.15, 0.2) is 0 Å². The van der Waals surface area contributed by atoms with Gasteiger partial charge in [0.05, 0.1) is 13.2 Å². The fourth-order valence-electron chi connectivity index (χ4n) is 2.67. The van der Waals surface area contributed by atoms with Crippen LogP contribution in [0.1, 0.15) is 28.4 Å². The molecule has 24 heavy (non-hydrogen) atoms.